The van der Waals surface area contributed by atoms with Crippen LogP contribution in [0.3, 0.4) is 0 Å². The summed E-state index contributed by atoms with van der Waals surface area (Å²) in [5, 5.41) is 0. The van der Waals surface area contributed by atoms with Gasteiger partial charge in [-0.1, -0.05) is 38.8 Å². The van der Waals surface area contributed by atoms with Crippen LogP contribution in [0.15, 0.2) is 61.1 Å². The first-order valence-corrected chi connectivity index (χ1v) is 11.0. The molecule has 8 nitrogen and oxygen atoms in total. The SMILES string of the molecule is C=C(C)C(=O)OCC.C=C(C)C(=O)OCOC.C=C(C)CC.C=C(C)OCC.C=C(C)OCOC. The number of carbonyl (C=O) groups excluding carboxylic acids is 2. The lowest BCUT2D eigenvalue weighted by atomic mass is 10.3. The largest absolute Gasteiger partial charge is 0.499 e. The second-order valence-corrected chi connectivity index (χ2v) is 6.82. The zero-order valence-electron chi connectivity index (χ0n) is 23.8. The summed E-state index contributed by atoms with van der Waals surface area (Å²) in [6.45, 7) is 33.6. The van der Waals surface area contributed by atoms with E-state index in [0.717, 1.165) is 18.8 Å². The van der Waals surface area contributed by atoms with Crippen molar-refractivity contribution in [2.75, 3.05) is 41.0 Å². The molecule has 0 saturated carbocycles. The first kappa shape index (κ1) is 42.3. The predicted molar refractivity (Wildman–Crippen MR) is 144 cm³/mol. The summed E-state index contributed by atoms with van der Waals surface area (Å²) in [6.07, 6.45) is 1.11. The first-order valence-electron chi connectivity index (χ1n) is 11.0. The summed E-state index contributed by atoms with van der Waals surface area (Å²) in [6, 6.07) is 0. The molecule has 35 heavy (non-hydrogen) atoms. The zero-order chi connectivity index (χ0) is 28.8. The van der Waals surface area contributed by atoms with Gasteiger partial charge in [0, 0.05) is 25.4 Å². The molecule has 0 aromatic rings. The van der Waals surface area contributed by atoms with Gasteiger partial charge in [0.2, 0.25) is 0 Å². The fraction of sp³-hybridized carbons (Fsp3) is 0.556. The number of esters is 2. The van der Waals surface area contributed by atoms with Crippen molar-refractivity contribution in [1.29, 1.82) is 0 Å². The maximum Gasteiger partial charge on any atom is 0.335 e. The lowest BCUT2D eigenvalue weighted by Gasteiger charge is -1.99. The standard InChI is InChI=1S/C6H10O3.C6H10O2.C5H10O2.C5H10O.C5H10/c1-5(2)6(7)9-4-8-3;1-4-8-6(7)5(2)3;1-5(2)7-4-6-3;1-4-6-5(2)3;1-4-5(2)3/h1,4H2,2-3H3;2,4H2,1,3H3;1,4H2,2-3H3;2,4H2,1,3H3;2,4H2,1,3H3. The van der Waals surface area contributed by atoms with Crippen molar-refractivity contribution in [3.8, 4) is 0 Å². The third kappa shape index (κ3) is 59.2. The van der Waals surface area contributed by atoms with Gasteiger partial charge in [0.1, 0.15) is 0 Å². The van der Waals surface area contributed by atoms with Crippen molar-refractivity contribution in [2.45, 2.75) is 61.8 Å². The van der Waals surface area contributed by atoms with Crippen molar-refractivity contribution < 1.29 is 38.0 Å². The second-order valence-electron chi connectivity index (χ2n) is 6.82. The fourth-order valence-electron chi connectivity index (χ4n) is 0.896. The normalized spacial score (nSPS) is 8.17. The van der Waals surface area contributed by atoms with Gasteiger partial charge in [-0.2, -0.15) is 0 Å². The highest BCUT2D eigenvalue weighted by molar-refractivity contribution is 5.87. The molecular weight excluding hydrogens is 452 g/mol. The van der Waals surface area contributed by atoms with Crippen molar-refractivity contribution in [1.82, 2.24) is 0 Å². The van der Waals surface area contributed by atoms with Crippen molar-refractivity contribution in [3.05, 3.63) is 61.1 Å². The Labute approximate surface area is 214 Å². The third-order valence-corrected chi connectivity index (χ3v) is 2.70. The fourth-order valence-corrected chi connectivity index (χ4v) is 0.896. The molecule has 0 unspecified atom stereocenters. The van der Waals surface area contributed by atoms with E-state index in [1.807, 2.05) is 20.8 Å². The van der Waals surface area contributed by atoms with Crippen LogP contribution in [0.5, 0.6) is 0 Å². The lowest BCUT2D eigenvalue weighted by molar-refractivity contribution is -0.149. The van der Waals surface area contributed by atoms with Crippen LogP contribution in [0.4, 0.5) is 0 Å². The van der Waals surface area contributed by atoms with Gasteiger partial charge >= 0.3 is 11.9 Å². The molecule has 0 aliphatic rings. The number of hydrogen-bond donors (Lipinski definition) is 0. The Morgan fingerprint density at radius 2 is 0.886 bits per heavy atom. The van der Waals surface area contributed by atoms with Crippen molar-refractivity contribution >= 4 is 11.9 Å². The first-order chi connectivity index (χ1) is 16.2. The van der Waals surface area contributed by atoms with Gasteiger partial charge in [0.25, 0.3) is 0 Å². The molecule has 0 fully saturated rings. The van der Waals surface area contributed by atoms with Crippen molar-refractivity contribution in [3.63, 3.8) is 0 Å². The Balaban J connectivity index is -0.000000109. The molecule has 0 amide bonds. The predicted octanol–water partition coefficient (Wildman–Crippen LogP) is 6.50. The smallest absolute Gasteiger partial charge is 0.335 e. The van der Waals surface area contributed by atoms with Crippen LogP contribution in [0.2, 0.25) is 0 Å². The lowest BCUT2D eigenvalue weighted by Crippen LogP contribution is -2.06. The van der Waals surface area contributed by atoms with Crippen LogP contribution < -0.4 is 0 Å². The molecule has 8 heteroatoms. The molecule has 0 aliphatic heterocycles. The van der Waals surface area contributed by atoms with Gasteiger partial charge in [-0.15, -0.1) is 6.58 Å². The highest BCUT2D eigenvalue weighted by atomic mass is 16.7. The molecule has 0 aromatic heterocycles. The third-order valence-electron chi connectivity index (χ3n) is 2.70. The van der Waals surface area contributed by atoms with Crippen LogP contribution in [-0.2, 0) is 38.0 Å². The van der Waals surface area contributed by atoms with Gasteiger partial charge in [-0.05, 0) is 54.9 Å². The number of methoxy groups -OCH3 is 2. The van der Waals surface area contributed by atoms with E-state index >= 15 is 0 Å². The van der Waals surface area contributed by atoms with Gasteiger partial charge in [-0.3, -0.25) is 0 Å². The van der Waals surface area contributed by atoms with E-state index < -0.39 is 5.97 Å². The van der Waals surface area contributed by atoms with Gasteiger partial charge in [0.15, 0.2) is 13.6 Å². The van der Waals surface area contributed by atoms with E-state index in [0.29, 0.717) is 30.3 Å². The molecule has 0 aromatic carbocycles. The topological polar surface area (TPSA) is 89.5 Å². The molecule has 0 saturated heterocycles. The summed E-state index contributed by atoms with van der Waals surface area (Å²) >= 11 is 0. The number of rotatable bonds is 11. The average Bonchev–Trinajstić information content (AvgIpc) is 2.77. The summed E-state index contributed by atoms with van der Waals surface area (Å²) in [5.41, 5.74) is 2.09. The molecule has 0 bridgehead atoms. The monoisotopic (exact) mass is 502 g/mol. The van der Waals surface area contributed by atoms with Crippen LogP contribution >= 0.6 is 0 Å². The molecule has 0 heterocycles. The summed E-state index contributed by atoms with van der Waals surface area (Å²) in [7, 11) is 3.02. The maximum absolute atomic E-state index is 10.5. The quantitative estimate of drug-likeness (QED) is 0.104. The van der Waals surface area contributed by atoms with E-state index in [9.17, 15) is 9.59 Å². The molecule has 0 N–H and O–H groups in total. The van der Waals surface area contributed by atoms with E-state index in [1.54, 1.807) is 34.8 Å². The average molecular weight is 503 g/mol. The summed E-state index contributed by atoms with van der Waals surface area (Å²) in [4.78, 5) is 20.9. The van der Waals surface area contributed by atoms with Crippen LogP contribution in [0.1, 0.15) is 61.8 Å². The number of hydrogen-bond acceptors (Lipinski definition) is 8. The number of ether oxygens (including phenoxy) is 6. The molecule has 0 rings (SSSR count). The Morgan fingerprint density at radius 3 is 1.03 bits per heavy atom. The summed E-state index contributed by atoms with van der Waals surface area (Å²) < 4.78 is 27.7. The van der Waals surface area contributed by atoms with Crippen LogP contribution in [0, 0.1) is 0 Å². The minimum atomic E-state index is -0.420. The molecule has 206 valence electrons. The Hall–Kier alpha value is -2.84. The van der Waals surface area contributed by atoms with Gasteiger partial charge < -0.3 is 28.4 Å². The molecule has 0 aliphatic carbocycles. The van der Waals surface area contributed by atoms with Gasteiger partial charge in [0.05, 0.1) is 24.7 Å². The molecule has 0 atom stereocenters. The maximum atomic E-state index is 10.5. The highest BCUT2D eigenvalue weighted by Crippen LogP contribution is 1.91. The second kappa shape index (κ2) is 33.3. The number of carbonyl (C=O) groups is 2. The van der Waals surface area contributed by atoms with E-state index in [2.05, 4.69) is 58.8 Å². The highest BCUT2D eigenvalue weighted by Gasteiger charge is 2.00. The Morgan fingerprint density at radius 1 is 0.571 bits per heavy atom. The van der Waals surface area contributed by atoms with E-state index in [1.165, 1.54) is 12.7 Å². The Kier molecular flexibility index (Phi) is 40.3. The van der Waals surface area contributed by atoms with Crippen LogP contribution in [0.25, 0.3) is 0 Å². The summed E-state index contributed by atoms with van der Waals surface area (Å²) in [5.74, 6) is 0.740. The number of allylic oxidation sites excluding steroid dienone is 3. The minimum absolute atomic E-state index is 0.00824. The van der Waals surface area contributed by atoms with Gasteiger partial charge in [-0.25, -0.2) is 9.59 Å². The molecule has 0 radical (unpaired) electrons. The molecular formula is C27H50O8. The van der Waals surface area contributed by atoms with E-state index in [-0.39, 0.29) is 12.8 Å². The van der Waals surface area contributed by atoms with Crippen molar-refractivity contribution in [2.24, 2.45) is 0 Å². The van der Waals surface area contributed by atoms with Crippen LogP contribution in [-0.4, -0.2) is 53.0 Å². The Bertz CT molecular complexity index is 606. The van der Waals surface area contributed by atoms with E-state index in [4.69, 9.17) is 9.47 Å². The minimum Gasteiger partial charge on any atom is -0.499 e. The zero-order valence-corrected chi connectivity index (χ0v) is 23.8. The molecule has 0 spiro atoms.